The number of nitrogens with zero attached hydrogens (tertiary/aromatic N) is 2. The number of carbonyl (C=O) groups excluding carboxylic acids is 1. The minimum Gasteiger partial charge on any atom is -0.358 e. The Morgan fingerprint density at radius 3 is 2.88 bits per heavy atom. The summed E-state index contributed by atoms with van der Waals surface area (Å²) in [6.07, 6.45) is 1.66. The monoisotopic (exact) mass is 305 g/mol. The molecule has 0 saturated carbocycles. The highest BCUT2D eigenvalue weighted by molar-refractivity contribution is 9.10. The summed E-state index contributed by atoms with van der Waals surface area (Å²) in [5.41, 5.74) is 0. The summed E-state index contributed by atoms with van der Waals surface area (Å²) in [6.45, 7) is 2.87. The highest BCUT2D eigenvalue weighted by Gasteiger charge is 2.13. The van der Waals surface area contributed by atoms with E-state index in [1.54, 1.807) is 19.3 Å². The topological polar surface area (TPSA) is 45.2 Å². The Morgan fingerprint density at radius 2 is 2.38 bits per heavy atom. The molecular formula is C10H13BrClN3O. The van der Waals surface area contributed by atoms with Crippen molar-refractivity contribution in [1.82, 2.24) is 10.3 Å². The molecular weight excluding hydrogens is 293 g/mol. The van der Waals surface area contributed by atoms with Crippen LogP contribution in [0.25, 0.3) is 0 Å². The van der Waals surface area contributed by atoms with E-state index in [0.717, 1.165) is 4.47 Å². The van der Waals surface area contributed by atoms with Crippen LogP contribution < -0.4 is 10.2 Å². The number of aromatic nitrogens is 1. The Kier molecular flexibility index (Phi) is 5.02. The van der Waals surface area contributed by atoms with E-state index in [-0.39, 0.29) is 12.5 Å². The van der Waals surface area contributed by atoms with Crippen molar-refractivity contribution >= 4 is 39.3 Å². The van der Waals surface area contributed by atoms with Gasteiger partial charge in [-0.05, 0) is 28.9 Å². The predicted molar refractivity (Wildman–Crippen MR) is 68.9 cm³/mol. The number of likely N-dealkylation sites (N-methyl/N-ethyl adjacent to an activating group) is 2. The van der Waals surface area contributed by atoms with E-state index in [4.69, 9.17) is 11.6 Å². The van der Waals surface area contributed by atoms with E-state index in [1.807, 2.05) is 11.8 Å². The lowest BCUT2D eigenvalue weighted by Gasteiger charge is -2.21. The van der Waals surface area contributed by atoms with Gasteiger partial charge in [0.25, 0.3) is 0 Å². The summed E-state index contributed by atoms with van der Waals surface area (Å²) in [5.74, 6) is 0.554. The van der Waals surface area contributed by atoms with Crippen LogP contribution in [-0.2, 0) is 4.79 Å². The number of nitrogens with one attached hydrogen (secondary N) is 1. The van der Waals surface area contributed by atoms with E-state index < -0.39 is 0 Å². The van der Waals surface area contributed by atoms with E-state index in [2.05, 4.69) is 26.2 Å². The molecule has 88 valence electrons. The van der Waals surface area contributed by atoms with E-state index in [1.165, 1.54) is 0 Å². The van der Waals surface area contributed by atoms with E-state index in [0.29, 0.717) is 17.4 Å². The number of halogens is 2. The molecule has 0 unspecified atom stereocenters. The van der Waals surface area contributed by atoms with Crippen LogP contribution >= 0.6 is 27.5 Å². The van der Waals surface area contributed by atoms with Gasteiger partial charge in [-0.15, -0.1) is 0 Å². The fourth-order valence-electron chi connectivity index (χ4n) is 1.23. The number of anilines is 1. The van der Waals surface area contributed by atoms with Crippen LogP contribution in [0.15, 0.2) is 16.7 Å². The van der Waals surface area contributed by atoms with Gasteiger partial charge in [0.15, 0.2) is 0 Å². The lowest BCUT2D eigenvalue weighted by molar-refractivity contribution is -0.119. The molecule has 0 aliphatic heterocycles. The first-order chi connectivity index (χ1) is 7.58. The van der Waals surface area contributed by atoms with Gasteiger partial charge < -0.3 is 10.2 Å². The summed E-state index contributed by atoms with van der Waals surface area (Å²) in [4.78, 5) is 17.3. The van der Waals surface area contributed by atoms with Gasteiger partial charge in [-0.25, -0.2) is 4.98 Å². The molecule has 1 amide bonds. The molecule has 6 heteroatoms. The van der Waals surface area contributed by atoms with E-state index in [9.17, 15) is 4.79 Å². The SMILES string of the molecule is CCN(CC(=O)NC)c1ncc(Br)cc1Cl. The molecule has 16 heavy (non-hydrogen) atoms. The summed E-state index contributed by atoms with van der Waals surface area (Å²) < 4.78 is 0.817. The van der Waals surface area contributed by atoms with Crippen molar-refractivity contribution in [2.75, 3.05) is 25.0 Å². The lowest BCUT2D eigenvalue weighted by Crippen LogP contribution is -2.36. The molecule has 0 aliphatic carbocycles. The van der Waals surface area contributed by atoms with Crippen LogP contribution in [0.5, 0.6) is 0 Å². The van der Waals surface area contributed by atoms with Gasteiger partial charge in [-0.2, -0.15) is 0 Å². The smallest absolute Gasteiger partial charge is 0.239 e. The molecule has 0 radical (unpaired) electrons. The first kappa shape index (κ1) is 13.3. The minimum absolute atomic E-state index is 0.0670. The average molecular weight is 307 g/mol. The Balaban J connectivity index is 2.90. The third kappa shape index (κ3) is 3.35. The van der Waals surface area contributed by atoms with Gasteiger partial charge in [0.1, 0.15) is 5.82 Å². The van der Waals surface area contributed by atoms with Crippen molar-refractivity contribution in [1.29, 1.82) is 0 Å². The van der Waals surface area contributed by atoms with Crippen molar-refractivity contribution in [3.05, 3.63) is 21.8 Å². The van der Waals surface area contributed by atoms with Crippen molar-refractivity contribution < 1.29 is 4.79 Å². The average Bonchev–Trinajstić information content (AvgIpc) is 2.26. The largest absolute Gasteiger partial charge is 0.358 e. The van der Waals surface area contributed by atoms with Gasteiger partial charge in [0.2, 0.25) is 5.91 Å². The third-order valence-electron chi connectivity index (χ3n) is 2.08. The maximum absolute atomic E-state index is 11.3. The van der Waals surface area contributed by atoms with Crippen molar-refractivity contribution in [3.8, 4) is 0 Å². The normalized spacial score (nSPS) is 10.0. The highest BCUT2D eigenvalue weighted by atomic mass is 79.9. The first-order valence-electron chi connectivity index (χ1n) is 4.85. The Labute approximate surface area is 108 Å². The van der Waals surface area contributed by atoms with Crippen molar-refractivity contribution in [3.63, 3.8) is 0 Å². The summed E-state index contributed by atoms with van der Waals surface area (Å²) >= 11 is 9.35. The summed E-state index contributed by atoms with van der Waals surface area (Å²) in [6, 6.07) is 1.76. The molecule has 1 aromatic rings. The zero-order chi connectivity index (χ0) is 12.1. The highest BCUT2D eigenvalue weighted by Crippen LogP contribution is 2.25. The van der Waals surface area contributed by atoms with Crippen LogP contribution in [0.3, 0.4) is 0 Å². The van der Waals surface area contributed by atoms with Gasteiger partial charge in [-0.3, -0.25) is 4.79 Å². The fraction of sp³-hybridized carbons (Fsp3) is 0.400. The third-order valence-corrected chi connectivity index (χ3v) is 2.79. The fourth-order valence-corrected chi connectivity index (χ4v) is 1.98. The number of carbonyl (C=O) groups is 1. The first-order valence-corrected chi connectivity index (χ1v) is 6.02. The minimum atomic E-state index is -0.0670. The molecule has 0 atom stereocenters. The summed E-state index contributed by atoms with van der Waals surface area (Å²) in [7, 11) is 1.60. The molecule has 0 aromatic carbocycles. The molecule has 1 rings (SSSR count). The molecule has 1 heterocycles. The maximum Gasteiger partial charge on any atom is 0.239 e. The molecule has 0 fully saturated rings. The second-order valence-corrected chi connectivity index (χ2v) is 4.47. The van der Waals surface area contributed by atoms with Gasteiger partial charge in [0.05, 0.1) is 11.6 Å². The molecule has 1 aromatic heterocycles. The van der Waals surface area contributed by atoms with Crippen LogP contribution in [0.1, 0.15) is 6.92 Å². The Bertz CT molecular complexity index is 386. The maximum atomic E-state index is 11.3. The van der Waals surface area contributed by atoms with E-state index >= 15 is 0 Å². The zero-order valence-electron chi connectivity index (χ0n) is 9.13. The zero-order valence-corrected chi connectivity index (χ0v) is 11.5. The van der Waals surface area contributed by atoms with Crippen LogP contribution in [0, 0.1) is 0 Å². The Hall–Kier alpha value is -0.810. The lowest BCUT2D eigenvalue weighted by atomic mass is 10.4. The standard InChI is InChI=1S/C10H13BrClN3O/c1-3-15(6-9(16)13-2)10-8(12)4-7(11)5-14-10/h4-5H,3,6H2,1-2H3,(H,13,16). The second-order valence-electron chi connectivity index (χ2n) is 3.15. The summed E-state index contributed by atoms with van der Waals surface area (Å²) in [5, 5.41) is 3.10. The van der Waals surface area contributed by atoms with Crippen molar-refractivity contribution in [2.45, 2.75) is 6.92 Å². The van der Waals surface area contributed by atoms with Crippen LogP contribution in [-0.4, -0.2) is 31.0 Å². The number of pyridine rings is 1. The van der Waals surface area contributed by atoms with Crippen LogP contribution in [0.4, 0.5) is 5.82 Å². The number of hydrogen-bond acceptors (Lipinski definition) is 3. The quantitative estimate of drug-likeness (QED) is 0.926. The van der Waals surface area contributed by atoms with Crippen LogP contribution in [0.2, 0.25) is 5.02 Å². The number of amides is 1. The van der Waals surface area contributed by atoms with Crippen molar-refractivity contribution in [2.24, 2.45) is 0 Å². The predicted octanol–water partition coefficient (Wildman–Crippen LogP) is 2.07. The molecule has 0 saturated heterocycles. The molecule has 1 N–H and O–H groups in total. The molecule has 0 bridgehead atoms. The number of hydrogen-bond donors (Lipinski definition) is 1. The van der Waals surface area contributed by atoms with Gasteiger partial charge in [0, 0.05) is 24.3 Å². The molecule has 0 spiro atoms. The van der Waals surface area contributed by atoms with Gasteiger partial charge in [-0.1, -0.05) is 11.6 Å². The Morgan fingerprint density at radius 1 is 1.69 bits per heavy atom. The molecule has 0 aliphatic rings. The second kappa shape index (κ2) is 6.06. The number of rotatable bonds is 4. The molecule has 4 nitrogen and oxygen atoms in total. The van der Waals surface area contributed by atoms with Gasteiger partial charge >= 0.3 is 0 Å².